The molecule has 0 atom stereocenters. The zero-order valence-corrected chi connectivity index (χ0v) is 9.35. The minimum Gasteiger partial charge on any atom is -0.381 e. The number of ether oxygens (including phenoxy) is 1. The summed E-state index contributed by atoms with van der Waals surface area (Å²) in [7, 11) is 0. The fourth-order valence-corrected chi connectivity index (χ4v) is 2.17. The Hall–Kier alpha value is -0.0800. The summed E-state index contributed by atoms with van der Waals surface area (Å²) in [6.07, 6.45) is 6.94. The first kappa shape index (κ1) is 10.4. The first-order valence-electron chi connectivity index (χ1n) is 6.13. The summed E-state index contributed by atoms with van der Waals surface area (Å²) < 4.78 is 5.82. The van der Waals surface area contributed by atoms with E-state index >= 15 is 0 Å². The first-order chi connectivity index (χ1) is 6.85. The summed E-state index contributed by atoms with van der Waals surface area (Å²) in [6.45, 7) is 6.44. The van der Waals surface area contributed by atoms with Gasteiger partial charge in [-0.2, -0.15) is 0 Å². The summed E-state index contributed by atoms with van der Waals surface area (Å²) in [5.41, 5.74) is 0.505. The molecule has 1 N–H and O–H groups in total. The Kier molecular flexibility index (Phi) is 3.45. The second-order valence-corrected chi connectivity index (χ2v) is 5.09. The van der Waals surface area contributed by atoms with Crippen LogP contribution in [-0.4, -0.2) is 26.3 Å². The van der Waals surface area contributed by atoms with Gasteiger partial charge in [0.05, 0.1) is 6.61 Å². The van der Waals surface area contributed by atoms with E-state index in [9.17, 15) is 0 Å². The van der Waals surface area contributed by atoms with Gasteiger partial charge in [-0.15, -0.1) is 0 Å². The third kappa shape index (κ3) is 2.71. The van der Waals surface area contributed by atoms with Gasteiger partial charge in [0.2, 0.25) is 0 Å². The summed E-state index contributed by atoms with van der Waals surface area (Å²) in [5.74, 6) is 0.909. The van der Waals surface area contributed by atoms with E-state index in [0.717, 1.165) is 32.2 Å². The molecule has 0 aromatic rings. The minimum absolute atomic E-state index is 0.505. The molecule has 0 aromatic carbocycles. The van der Waals surface area contributed by atoms with Crippen molar-refractivity contribution < 1.29 is 4.74 Å². The fraction of sp³-hybridized carbons (Fsp3) is 1.00. The lowest BCUT2D eigenvalue weighted by atomic mass is 9.69. The maximum atomic E-state index is 5.82. The largest absolute Gasteiger partial charge is 0.381 e. The van der Waals surface area contributed by atoms with Gasteiger partial charge in [0, 0.05) is 18.6 Å². The van der Waals surface area contributed by atoms with Crippen LogP contribution in [0.5, 0.6) is 0 Å². The normalized spacial score (nSPS) is 24.6. The molecule has 82 valence electrons. The van der Waals surface area contributed by atoms with Crippen molar-refractivity contribution in [2.75, 3.05) is 26.3 Å². The highest BCUT2D eigenvalue weighted by atomic mass is 16.5. The van der Waals surface area contributed by atoms with Gasteiger partial charge in [-0.1, -0.05) is 13.3 Å². The van der Waals surface area contributed by atoms with Gasteiger partial charge in [0.25, 0.3) is 0 Å². The van der Waals surface area contributed by atoms with Crippen LogP contribution >= 0.6 is 0 Å². The van der Waals surface area contributed by atoms with Crippen molar-refractivity contribution in [2.24, 2.45) is 11.3 Å². The smallest absolute Gasteiger partial charge is 0.0534 e. The second kappa shape index (κ2) is 4.63. The second-order valence-electron chi connectivity index (χ2n) is 5.09. The highest BCUT2D eigenvalue weighted by Gasteiger charge is 2.37. The Labute approximate surface area is 87.4 Å². The monoisotopic (exact) mass is 197 g/mol. The van der Waals surface area contributed by atoms with E-state index in [1.807, 2.05) is 0 Å². The van der Waals surface area contributed by atoms with Crippen LogP contribution < -0.4 is 5.32 Å². The molecule has 0 amide bonds. The van der Waals surface area contributed by atoms with Crippen LogP contribution in [0.4, 0.5) is 0 Å². The van der Waals surface area contributed by atoms with Gasteiger partial charge in [-0.05, 0) is 38.1 Å². The molecule has 0 saturated heterocycles. The number of hydrogen-bond acceptors (Lipinski definition) is 2. The van der Waals surface area contributed by atoms with Crippen LogP contribution in [0, 0.1) is 11.3 Å². The van der Waals surface area contributed by atoms with Crippen molar-refractivity contribution in [3.63, 3.8) is 0 Å². The first-order valence-corrected chi connectivity index (χ1v) is 6.13. The van der Waals surface area contributed by atoms with Gasteiger partial charge in [-0.3, -0.25) is 0 Å². The highest BCUT2D eigenvalue weighted by Crippen LogP contribution is 2.41. The maximum absolute atomic E-state index is 5.82. The van der Waals surface area contributed by atoms with Gasteiger partial charge in [0.15, 0.2) is 0 Å². The molecule has 0 heterocycles. The topological polar surface area (TPSA) is 21.3 Å². The molecule has 2 saturated carbocycles. The number of rotatable bonds is 7. The molecular weight excluding hydrogens is 174 g/mol. The lowest BCUT2D eigenvalue weighted by Gasteiger charge is -2.41. The van der Waals surface area contributed by atoms with E-state index in [1.165, 1.54) is 32.1 Å². The quantitative estimate of drug-likeness (QED) is 0.675. The molecule has 2 heteroatoms. The molecular formula is C12H23NO. The molecule has 2 fully saturated rings. The average Bonchev–Trinajstić information content (AvgIpc) is 2.92. The Morgan fingerprint density at radius 1 is 1.36 bits per heavy atom. The van der Waals surface area contributed by atoms with E-state index in [-0.39, 0.29) is 0 Å². The predicted molar refractivity (Wildman–Crippen MR) is 58.4 cm³/mol. The molecule has 0 bridgehead atoms. The van der Waals surface area contributed by atoms with Gasteiger partial charge >= 0.3 is 0 Å². The third-order valence-corrected chi connectivity index (χ3v) is 3.62. The Morgan fingerprint density at radius 3 is 2.64 bits per heavy atom. The van der Waals surface area contributed by atoms with Crippen LogP contribution in [0.3, 0.4) is 0 Å². The van der Waals surface area contributed by atoms with Crippen LogP contribution in [0.15, 0.2) is 0 Å². The third-order valence-electron chi connectivity index (χ3n) is 3.62. The van der Waals surface area contributed by atoms with E-state index in [1.54, 1.807) is 0 Å². The zero-order chi connectivity index (χ0) is 9.86. The van der Waals surface area contributed by atoms with Crippen LogP contribution in [0.2, 0.25) is 0 Å². The molecule has 2 aliphatic carbocycles. The van der Waals surface area contributed by atoms with E-state index < -0.39 is 0 Å². The predicted octanol–water partition coefficient (Wildman–Crippen LogP) is 2.19. The maximum Gasteiger partial charge on any atom is 0.0534 e. The molecule has 0 unspecified atom stereocenters. The summed E-state index contributed by atoms with van der Waals surface area (Å²) >= 11 is 0. The molecule has 2 rings (SSSR count). The summed E-state index contributed by atoms with van der Waals surface area (Å²) in [5, 5.41) is 3.46. The molecule has 0 aromatic heterocycles. The lowest BCUT2D eigenvalue weighted by molar-refractivity contribution is -0.00885. The Bertz CT molecular complexity index is 173. The van der Waals surface area contributed by atoms with Crippen LogP contribution in [-0.2, 0) is 4.74 Å². The van der Waals surface area contributed by atoms with E-state index in [0.29, 0.717) is 5.41 Å². The molecule has 0 aliphatic heterocycles. The lowest BCUT2D eigenvalue weighted by Crippen LogP contribution is -2.43. The Balaban J connectivity index is 1.62. The average molecular weight is 197 g/mol. The van der Waals surface area contributed by atoms with Gasteiger partial charge in [0.1, 0.15) is 0 Å². The van der Waals surface area contributed by atoms with Gasteiger partial charge in [-0.25, -0.2) is 0 Å². The van der Waals surface area contributed by atoms with Crippen LogP contribution in [0.1, 0.15) is 39.0 Å². The van der Waals surface area contributed by atoms with Crippen LogP contribution in [0.25, 0.3) is 0 Å². The van der Waals surface area contributed by atoms with Crippen molar-refractivity contribution in [1.29, 1.82) is 0 Å². The molecule has 14 heavy (non-hydrogen) atoms. The molecule has 0 radical (unpaired) electrons. The van der Waals surface area contributed by atoms with Crippen molar-refractivity contribution >= 4 is 0 Å². The molecule has 0 spiro atoms. The summed E-state index contributed by atoms with van der Waals surface area (Å²) in [4.78, 5) is 0. The minimum atomic E-state index is 0.505. The SMILES string of the molecule is CCNCC1(COCC2CC2)CCC1. The van der Waals surface area contributed by atoms with Crippen molar-refractivity contribution in [1.82, 2.24) is 5.32 Å². The Morgan fingerprint density at radius 2 is 2.14 bits per heavy atom. The number of nitrogens with one attached hydrogen (secondary N) is 1. The molecule has 2 aliphatic rings. The summed E-state index contributed by atoms with van der Waals surface area (Å²) in [6, 6.07) is 0. The van der Waals surface area contributed by atoms with E-state index in [2.05, 4.69) is 12.2 Å². The van der Waals surface area contributed by atoms with Crippen molar-refractivity contribution in [3.8, 4) is 0 Å². The van der Waals surface area contributed by atoms with Crippen molar-refractivity contribution in [3.05, 3.63) is 0 Å². The highest BCUT2D eigenvalue weighted by molar-refractivity contribution is 4.89. The molecule has 2 nitrogen and oxygen atoms in total. The van der Waals surface area contributed by atoms with Crippen molar-refractivity contribution in [2.45, 2.75) is 39.0 Å². The van der Waals surface area contributed by atoms with Gasteiger partial charge < -0.3 is 10.1 Å². The number of hydrogen-bond donors (Lipinski definition) is 1. The van der Waals surface area contributed by atoms with E-state index in [4.69, 9.17) is 4.74 Å². The standard InChI is InChI=1S/C12H23NO/c1-2-13-9-12(6-3-7-12)10-14-8-11-4-5-11/h11,13H,2-10H2,1H3. The zero-order valence-electron chi connectivity index (χ0n) is 9.35. The fourth-order valence-electron chi connectivity index (χ4n) is 2.17.